The van der Waals surface area contributed by atoms with Crippen LogP contribution >= 0.6 is 0 Å². The number of phenols is 3. The molecule has 10 nitrogen and oxygen atoms in total. The van der Waals surface area contributed by atoms with Crippen LogP contribution in [0.5, 0.6) is 17.2 Å². The average Bonchev–Trinajstić information content (AvgIpc) is 2.55. The normalized spacial score (nSPS) is 11.4. The Morgan fingerprint density at radius 1 is 1.07 bits per heavy atom. The number of hydrogen-bond acceptors (Lipinski definition) is 8. The number of esters is 1. The van der Waals surface area contributed by atoms with Gasteiger partial charge in [0.25, 0.3) is 5.69 Å². The van der Waals surface area contributed by atoms with E-state index in [-0.39, 0.29) is 16.3 Å². The third-order valence-corrected chi connectivity index (χ3v) is 3.81. The Hall–Kier alpha value is -3.56. The highest BCUT2D eigenvalue weighted by molar-refractivity contribution is 6.10. The molecule has 2 aromatic rings. The highest BCUT2D eigenvalue weighted by Crippen LogP contribution is 2.46. The minimum Gasteiger partial charge on any atom is -0.504 e. The first kappa shape index (κ1) is 19.8. The summed E-state index contributed by atoms with van der Waals surface area (Å²) < 4.78 is 5.05. The first-order valence-corrected chi connectivity index (χ1v) is 7.64. The molecule has 2 aromatic carbocycles. The summed E-state index contributed by atoms with van der Waals surface area (Å²) in [4.78, 5) is 33.9. The van der Waals surface area contributed by atoms with Crippen LogP contribution in [0.25, 0.3) is 10.8 Å². The molecule has 0 aliphatic heterocycles. The predicted molar refractivity (Wildman–Crippen MR) is 91.8 cm³/mol. The summed E-state index contributed by atoms with van der Waals surface area (Å²) >= 11 is 0. The predicted octanol–water partition coefficient (Wildman–Crippen LogP) is 2.65. The van der Waals surface area contributed by atoms with Gasteiger partial charge in [0.2, 0.25) is 5.75 Å². The minimum absolute atomic E-state index is 0.142. The van der Waals surface area contributed by atoms with E-state index < -0.39 is 57.4 Å². The second-order valence-corrected chi connectivity index (χ2v) is 6.84. The molecule has 4 N–H and O–H groups in total. The number of rotatable bonds is 4. The van der Waals surface area contributed by atoms with E-state index in [9.17, 15) is 40.1 Å². The smallest absolute Gasteiger partial charge is 0.340 e. The molecule has 0 saturated carbocycles. The van der Waals surface area contributed by atoms with E-state index in [0.29, 0.717) is 0 Å². The van der Waals surface area contributed by atoms with Crippen LogP contribution < -0.4 is 0 Å². The molecule has 0 spiro atoms. The van der Waals surface area contributed by atoms with E-state index in [1.54, 1.807) is 20.8 Å². The Morgan fingerprint density at radius 2 is 1.67 bits per heavy atom. The first-order valence-electron chi connectivity index (χ1n) is 7.64. The van der Waals surface area contributed by atoms with E-state index in [0.717, 1.165) is 12.1 Å². The summed E-state index contributed by atoms with van der Waals surface area (Å²) in [5, 5.41) is 49.5. The zero-order chi connectivity index (χ0) is 20.7. The number of carboxylic acids is 1. The van der Waals surface area contributed by atoms with Crippen molar-refractivity contribution in [1.82, 2.24) is 0 Å². The lowest BCUT2D eigenvalue weighted by molar-refractivity contribution is -0.385. The van der Waals surface area contributed by atoms with Gasteiger partial charge < -0.3 is 25.2 Å². The molecule has 0 unspecified atom stereocenters. The van der Waals surface area contributed by atoms with Crippen LogP contribution in [-0.4, -0.2) is 37.3 Å². The molecule has 0 amide bonds. The first-order chi connectivity index (χ1) is 12.4. The molecule has 0 fully saturated rings. The lowest BCUT2D eigenvalue weighted by Crippen LogP contribution is -2.22. The molecule has 0 aliphatic carbocycles. The van der Waals surface area contributed by atoms with Crippen LogP contribution in [0.3, 0.4) is 0 Å². The van der Waals surface area contributed by atoms with Crippen molar-refractivity contribution in [2.75, 3.05) is 0 Å². The second kappa shape index (κ2) is 6.63. The maximum atomic E-state index is 11.9. The van der Waals surface area contributed by atoms with Crippen molar-refractivity contribution in [2.24, 2.45) is 5.41 Å². The summed E-state index contributed by atoms with van der Waals surface area (Å²) in [6, 6.07) is 1.86. The molecular formula is C17H17NO9. The van der Waals surface area contributed by atoms with E-state index in [1.807, 2.05) is 0 Å². The molecule has 0 radical (unpaired) electrons. The molecular weight excluding hydrogens is 362 g/mol. The van der Waals surface area contributed by atoms with Gasteiger partial charge in [0.05, 0.1) is 15.9 Å². The van der Waals surface area contributed by atoms with Crippen molar-refractivity contribution in [1.29, 1.82) is 0 Å². The van der Waals surface area contributed by atoms with E-state index in [2.05, 4.69) is 0 Å². The number of benzene rings is 2. The lowest BCUT2D eigenvalue weighted by atomic mass is 9.97. The number of carbonyl (C=O) groups excluding carboxylic acids is 1. The Labute approximate surface area is 152 Å². The summed E-state index contributed by atoms with van der Waals surface area (Å²) in [5.41, 5.74) is -2.31. The number of carbonyl (C=O) groups is 2. The Bertz CT molecular complexity index is 973. The quantitative estimate of drug-likeness (QED) is 0.270. The zero-order valence-electron chi connectivity index (χ0n) is 14.6. The topological polar surface area (TPSA) is 167 Å². The van der Waals surface area contributed by atoms with Gasteiger partial charge in [-0.2, -0.15) is 0 Å². The van der Waals surface area contributed by atoms with Crippen molar-refractivity contribution in [2.45, 2.75) is 27.4 Å². The monoisotopic (exact) mass is 379 g/mol. The van der Waals surface area contributed by atoms with Crippen molar-refractivity contribution in [3.05, 3.63) is 33.4 Å². The van der Waals surface area contributed by atoms with Crippen molar-refractivity contribution >= 4 is 28.4 Å². The van der Waals surface area contributed by atoms with Crippen LogP contribution in [0.4, 0.5) is 5.69 Å². The molecule has 0 atom stereocenters. The van der Waals surface area contributed by atoms with Crippen LogP contribution in [-0.2, 0) is 16.1 Å². The number of nitro benzene ring substituents is 1. The van der Waals surface area contributed by atoms with Crippen molar-refractivity contribution in [3.8, 4) is 17.2 Å². The van der Waals surface area contributed by atoms with Gasteiger partial charge in [0.15, 0.2) is 11.5 Å². The van der Waals surface area contributed by atoms with E-state index >= 15 is 0 Å². The number of aromatic hydroxyl groups is 3. The highest BCUT2D eigenvalue weighted by Gasteiger charge is 2.28. The number of nitrogens with zero attached hydrogens (tertiary/aromatic N) is 1. The summed E-state index contributed by atoms with van der Waals surface area (Å²) in [6.07, 6.45) is 0. The Kier molecular flexibility index (Phi) is 4.85. The fourth-order valence-corrected chi connectivity index (χ4v) is 2.38. The third kappa shape index (κ3) is 3.54. The van der Waals surface area contributed by atoms with Crippen LogP contribution in [0.1, 0.15) is 36.7 Å². The fourth-order valence-electron chi connectivity index (χ4n) is 2.38. The Balaban J connectivity index is 2.73. The molecule has 27 heavy (non-hydrogen) atoms. The van der Waals surface area contributed by atoms with Gasteiger partial charge in [-0.15, -0.1) is 0 Å². The number of nitro groups is 1. The van der Waals surface area contributed by atoms with Crippen LogP contribution in [0.15, 0.2) is 12.1 Å². The number of carboxylic acid groups (broad SMARTS) is 1. The van der Waals surface area contributed by atoms with Gasteiger partial charge in [-0.05, 0) is 26.8 Å². The largest absolute Gasteiger partial charge is 0.504 e. The molecule has 0 aliphatic rings. The van der Waals surface area contributed by atoms with Gasteiger partial charge in [-0.1, -0.05) is 0 Å². The highest BCUT2D eigenvalue weighted by atomic mass is 16.6. The molecule has 0 bridgehead atoms. The Morgan fingerprint density at radius 3 is 2.15 bits per heavy atom. The molecule has 0 heterocycles. The van der Waals surface area contributed by atoms with Gasteiger partial charge in [-0.3, -0.25) is 14.9 Å². The minimum atomic E-state index is -1.63. The second-order valence-electron chi connectivity index (χ2n) is 6.84. The number of fused-ring (bicyclic) bond motifs is 1. The molecule has 0 saturated heterocycles. The maximum absolute atomic E-state index is 11.9. The van der Waals surface area contributed by atoms with E-state index in [1.165, 1.54) is 0 Å². The molecule has 0 aromatic heterocycles. The van der Waals surface area contributed by atoms with Gasteiger partial charge >= 0.3 is 11.9 Å². The number of ether oxygens (including phenoxy) is 1. The molecule has 2 rings (SSSR count). The van der Waals surface area contributed by atoms with E-state index in [4.69, 9.17) is 4.74 Å². The lowest BCUT2D eigenvalue weighted by Gasteiger charge is -2.17. The van der Waals surface area contributed by atoms with Gasteiger partial charge in [0, 0.05) is 16.8 Å². The molecule has 144 valence electrons. The molecule has 10 heteroatoms. The van der Waals surface area contributed by atoms with Crippen LogP contribution in [0.2, 0.25) is 0 Å². The average molecular weight is 379 g/mol. The standard InChI is InChI=1S/C17H17NO9/c1-17(2,3)16(24)27-6-7-4-8-9(5-10(7)18(25)26)12(19)14(21)13(20)11(8)15(22)23/h4-5,19-21H,6H2,1-3H3,(H,22,23). The summed E-state index contributed by atoms with van der Waals surface area (Å²) in [6.45, 7) is 4.24. The fraction of sp³-hybridized carbons (Fsp3) is 0.294. The maximum Gasteiger partial charge on any atom is 0.340 e. The third-order valence-electron chi connectivity index (χ3n) is 3.81. The SMILES string of the molecule is CC(C)(C)C(=O)OCc1cc2c(C(=O)O)c(O)c(O)c(O)c2cc1[N+](=O)[O-]. The summed E-state index contributed by atoms with van der Waals surface area (Å²) in [5.74, 6) is -5.36. The number of hydrogen-bond donors (Lipinski definition) is 4. The number of aromatic carboxylic acids is 1. The van der Waals surface area contributed by atoms with Crippen LogP contribution in [0, 0.1) is 15.5 Å². The summed E-state index contributed by atoms with van der Waals surface area (Å²) in [7, 11) is 0. The van der Waals surface area contributed by atoms with Gasteiger partial charge in [0.1, 0.15) is 12.2 Å². The zero-order valence-corrected chi connectivity index (χ0v) is 14.6. The van der Waals surface area contributed by atoms with Crippen molar-refractivity contribution in [3.63, 3.8) is 0 Å². The van der Waals surface area contributed by atoms with Gasteiger partial charge in [-0.25, -0.2) is 4.79 Å². The van der Waals surface area contributed by atoms with Crippen molar-refractivity contribution < 1.29 is 39.7 Å². The number of phenolic OH excluding ortho intramolecular Hbond substituents is 2.